The van der Waals surface area contributed by atoms with Gasteiger partial charge in [0.25, 0.3) is 5.91 Å². The predicted molar refractivity (Wildman–Crippen MR) is 108 cm³/mol. The van der Waals surface area contributed by atoms with Crippen LogP contribution in [0.4, 0.5) is 0 Å². The smallest absolute Gasteiger partial charge is 0.335 e. The van der Waals surface area contributed by atoms with Crippen LogP contribution in [0.5, 0.6) is 11.5 Å². The molecule has 0 aromatic heterocycles. The summed E-state index contributed by atoms with van der Waals surface area (Å²) < 4.78 is 10.8. The van der Waals surface area contributed by atoms with Crippen LogP contribution in [0.1, 0.15) is 22.3 Å². The Morgan fingerprint density at radius 3 is 2.48 bits per heavy atom. The number of rotatable bonds is 7. The van der Waals surface area contributed by atoms with Crippen LogP contribution in [-0.2, 0) is 11.3 Å². The number of ether oxygens (including phenoxy) is 2. The number of carbonyl (C=O) groups excluding carboxylic acids is 1. The number of carboxylic acid groups (broad SMARTS) is 1. The number of hydrogen-bond acceptors (Lipinski definition) is 5. The highest BCUT2D eigenvalue weighted by atomic mass is 16.5. The summed E-state index contributed by atoms with van der Waals surface area (Å²) in [5.41, 5.74) is 1.36. The fourth-order valence-corrected chi connectivity index (χ4v) is 3.32. The Balaban J connectivity index is 1.48. The standard InChI is InChI=1S/C22H26N2O5/c1-28-19-4-2-5-20(14-19)29-16-21(25)24-11-3-10-23(12-13-24)15-17-6-8-18(9-7-17)22(26)27/h2,4-9,14H,3,10-13,15-16H2,1H3,(H,26,27). The summed E-state index contributed by atoms with van der Waals surface area (Å²) >= 11 is 0. The number of carboxylic acids is 1. The molecule has 0 atom stereocenters. The average molecular weight is 398 g/mol. The van der Waals surface area contributed by atoms with E-state index in [9.17, 15) is 9.59 Å². The topological polar surface area (TPSA) is 79.3 Å². The van der Waals surface area contributed by atoms with Crippen molar-refractivity contribution in [2.45, 2.75) is 13.0 Å². The fourth-order valence-electron chi connectivity index (χ4n) is 3.32. The minimum atomic E-state index is -0.920. The highest BCUT2D eigenvalue weighted by Crippen LogP contribution is 2.19. The summed E-state index contributed by atoms with van der Waals surface area (Å²) in [6, 6.07) is 14.2. The van der Waals surface area contributed by atoms with Crippen molar-refractivity contribution >= 4 is 11.9 Å². The second-order valence-corrected chi connectivity index (χ2v) is 6.98. The first kappa shape index (κ1) is 20.7. The van der Waals surface area contributed by atoms with Crippen LogP contribution in [0.2, 0.25) is 0 Å². The van der Waals surface area contributed by atoms with Crippen LogP contribution in [0, 0.1) is 0 Å². The van der Waals surface area contributed by atoms with Crippen molar-refractivity contribution in [3.63, 3.8) is 0 Å². The molecule has 0 bridgehead atoms. The van der Waals surface area contributed by atoms with Gasteiger partial charge >= 0.3 is 5.97 Å². The maximum Gasteiger partial charge on any atom is 0.335 e. The Hall–Kier alpha value is -3.06. The lowest BCUT2D eigenvalue weighted by Gasteiger charge is -2.22. The van der Waals surface area contributed by atoms with E-state index in [0.717, 1.165) is 31.6 Å². The summed E-state index contributed by atoms with van der Waals surface area (Å²) in [6.45, 7) is 3.75. The number of hydrogen-bond donors (Lipinski definition) is 1. The zero-order valence-corrected chi connectivity index (χ0v) is 16.5. The van der Waals surface area contributed by atoms with Gasteiger partial charge in [-0.2, -0.15) is 0 Å². The van der Waals surface area contributed by atoms with E-state index in [1.807, 2.05) is 29.2 Å². The highest BCUT2D eigenvalue weighted by molar-refractivity contribution is 5.87. The molecule has 2 aromatic rings. The monoisotopic (exact) mass is 398 g/mol. The van der Waals surface area contributed by atoms with Crippen molar-refractivity contribution in [3.05, 3.63) is 59.7 Å². The summed E-state index contributed by atoms with van der Waals surface area (Å²) in [4.78, 5) is 27.6. The van der Waals surface area contributed by atoms with Gasteiger partial charge in [-0.25, -0.2) is 4.79 Å². The SMILES string of the molecule is COc1cccc(OCC(=O)N2CCCN(Cc3ccc(C(=O)O)cc3)CC2)c1. The van der Waals surface area contributed by atoms with Gasteiger partial charge in [-0.1, -0.05) is 18.2 Å². The molecule has 1 N–H and O–H groups in total. The summed E-state index contributed by atoms with van der Waals surface area (Å²) in [5, 5.41) is 8.99. The van der Waals surface area contributed by atoms with Crippen LogP contribution in [-0.4, -0.2) is 66.7 Å². The minimum absolute atomic E-state index is 0.00379. The second-order valence-electron chi connectivity index (χ2n) is 6.98. The Morgan fingerprint density at radius 1 is 1.00 bits per heavy atom. The van der Waals surface area contributed by atoms with Gasteiger partial charge in [0.05, 0.1) is 12.7 Å². The third-order valence-corrected chi connectivity index (χ3v) is 4.95. The Labute approximate surface area is 170 Å². The first-order valence-electron chi connectivity index (χ1n) is 9.64. The molecule has 7 heteroatoms. The van der Waals surface area contributed by atoms with E-state index in [1.54, 1.807) is 31.4 Å². The van der Waals surface area contributed by atoms with Crippen molar-refractivity contribution in [1.29, 1.82) is 0 Å². The molecule has 0 spiro atoms. The number of nitrogens with zero attached hydrogens (tertiary/aromatic N) is 2. The van der Waals surface area contributed by atoms with Gasteiger partial charge in [0.1, 0.15) is 11.5 Å². The number of benzene rings is 2. The molecule has 154 valence electrons. The van der Waals surface area contributed by atoms with Gasteiger partial charge < -0.3 is 19.5 Å². The van der Waals surface area contributed by atoms with Crippen LogP contribution < -0.4 is 9.47 Å². The van der Waals surface area contributed by atoms with Crippen molar-refractivity contribution < 1.29 is 24.2 Å². The minimum Gasteiger partial charge on any atom is -0.497 e. The van der Waals surface area contributed by atoms with E-state index in [2.05, 4.69) is 4.90 Å². The van der Waals surface area contributed by atoms with Gasteiger partial charge in [-0.3, -0.25) is 9.69 Å². The lowest BCUT2D eigenvalue weighted by molar-refractivity contribution is -0.133. The number of carbonyl (C=O) groups is 2. The first-order chi connectivity index (χ1) is 14.0. The maximum atomic E-state index is 12.5. The number of amides is 1. The van der Waals surface area contributed by atoms with E-state index in [4.69, 9.17) is 14.6 Å². The van der Waals surface area contributed by atoms with Gasteiger partial charge in [-0.15, -0.1) is 0 Å². The highest BCUT2D eigenvalue weighted by Gasteiger charge is 2.19. The van der Waals surface area contributed by atoms with Crippen molar-refractivity contribution in [2.24, 2.45) is 0 Å². The predicted octanol–water partition coefficient (Wildman–Crippen LogP) is 2.51. The largest absolute Gasteiger partial charge is 0.497 e. The molecule has 0 aliphatic carbocycles. The lowest BCUT2D eigenvalue weighted by Crippen LogP contribution is -2.38. The van der Waals surface area contributed by atoms with Crippen LogP contribution >= 0.6 is 0 Å². The fraction of sp³-hybridized carbons (Fsp3) is 0.364. The van der Waals surface area contributed by atoms with Crippen LogP contribution in [0.15, 0.2) is 48.5 Å². The molecule has 0 unspecified atom stereocenters. The van der Waals surface area contributed by atoms with Crippen LogP contribution in [0.3, 0.4) is 0 Å². The molecular weight excluding hydrogens is 372 g/mol. The molecule has 0 saturated carbocycles. The summed E-state index contributed by atoms with van der Waals surface area (Å²) in [7, 11) is 1.59. The maximum absolute atomic E-state index is 12.5. The van der Waals surface area contributed by atoms with Crippen LogP contribution in [0.25, 0.3) is 0 Å². The quantitative estimate of drug-likeness (QED) is 0.772. The molecule has 0 radical (unpaired) electrons. The molecule has 1 fully saturated rings. The Kier molecular flexibility index (Phi) is 7.08. The average Bonchev–Trinajstić information content (AvgIpc) is 2.98. The third-order valence-electron chi connectivity index (χ3n) is 4.95. The van der Waals surface area contributed by atoms with Gasteiger partial charge in [0, 0.05) is 38.8 Å². The second kappa shape index (κ2) is 9.93. The molecule has 1 amide bonds. The Morgan fingerprint density at radius 2 is 1.76 bits per heavy atom. The van der Waals surface area contributed by atoms with Gasteiger partial charge in [0.15, 0.2) is 6.61 Å². The normalized spacial score (nSPS) is 14.9. The summed E-state index contributed by atoms with van der Waals surface area (Å²) in [5.74, 6) is 0.354. The van der Waals surface area contributed by atoms with Gasteiger partial charge in [-0.05, 0) is 36.2 Å². The van der Waals surface area contributed by atoms with E-state index in [-0.39, 0.29) is 18.1 Å². The van der Waals surface area contributed by atoms with Crippen molar-refractivity contribution in [2.75, 3.05) is 39.9 Å². The molecule has 1 heterocycles. The zero-order valence-electron chi connectivity index (χ0n) is 16.5. The van der Waals surface area contributed by atoms with Gasteiger partial charge in [0.2, 0.25) is 0 Å². The molecule has 1 saturated heterocycles. The van der Waals surface area contributed by atoms with E-state index in [0.29, 0.717) is 24.6 Å². The van der Waals surface area contributed by atoms with Crippen molar-refractivity contribution in [3.8, 4) is 11.5 Å². The third kappa shape index (κ3) is 5.96. The van der Waals surface area contributed by atoms with E-state index in [1.165, 1.54) is 0 Å². The zero-order chi connectivity index (χ0) is 20.6. The molecular formula is C22H26N2O5. The van der Waals surface area contributed by atoms with Crippen molar-refractivity contribution in [1.82, 2.24) is 9.80 Å². The molecule has 2 aromatic carbocycles. The molecule has 1 aliphatic heterocycles. The number of aromatic carboxylic acids is 1. The molecule has 7 nitrogen and oxygen atoms in total. The molecule has 29 heavy (non-hydrogen) atoms. The van der Waals surface area contributed by atoms with E-state index < -0.39 is 5.97 Å². The Bertz CT molecular complexity index is 837. The molecule has 3 rings (SSSR count). The summed E-state index contributed by atoms with van der Waals surface area (Å²) in [6.07, 6.45) is 0.887. The van der Waals surface area contributed by atoms with E-state index >= 15 is 0 Å². The number of methoxy groups -OCH3 is 1. The molecule has 1 aliphatic rings. The lowest BCUT2D eigenvalue weighted by atomic mass is 10.1. The first-order valence-corrected chi connectivity index (χ1v) is 9.64.